The van der Waals surface area contributed by atoms with Gasteiger partial charge in [-0.2, -0.15) is 0 Å². The Kier molecular flexibility index (Phi) is 4.82. The van der Waals surface area contributed by atoms with Crippen molar-refractivity contribution in [1.29, 1.82) is 0 Å². The maximum absolute atomic E-state index is 13.2. The molecule has 1 amide bonds. The molecule has 4 aliphatic rings. The Bertz CT molecular complexity index is 614. The minimum absolute atomic E-state index is 0.281. The average Bonchev–Trinajstić information content (AvgIpc) is 3.15. The van der Waals surface area contributed by atoms with Crippen LogP contribution in [-0.4, -0.2) is 23.9 Å². The number of likely N-dealkylation sites (tertiary alicyclic amines) is 1. The third-order valence-corrected chi connectivity index (χ3v) is 8.48. The summed E-state index contributed by atoms with van der Waals surface area (Å²) in [5.74, 6) is 3.52. The fourth-order valence-corrected chi connectivity index (χ4v) is 6.62. The summed E-state index contributed by atoms with van der Waals surface area (Å²) in [7, 11) is 0. The first-order valence-electron chi connectivity index (χ1n) is 11.1. The van der Waals surface area contributed by atoms with Crippen molar-refractivity contribution in [2.75, 3.05) is 13.1 Å². The lowest BCUT2D eigenvalue weighted by atomic mass is 9.53. The smallest absolute Gasteiger partial charge is 0.225 e. The van der Waals surface area contributed by atoms with E-state index in [4.69, 9.17) is 0 Å². The number of nitrogens with zero attached hydrogens (tertiary/aromatic N) is 1. The predicted octanol–water partition coefficient (Wildman–Crippen LogP) is 5.60. The Morgan fingerprint density at radius 3 is 2.62 bits per heavy atom. The van der Waals surface area contributed by atoms with Crippen LogP contribution in [-0.2, 0) is 4.79 Å². The third kappa shape index (κ3) is 2.98. The Labute approximate surface area is 160 Å². The van der Waals surface area contributed by atoms with Crippen LogP contribution < -0.4 is 0 Å². The van der Waals surface area contributed by atoms with E-state index in [1.807, 2.05) is 0 Å². The number of allylic oxidation sites excluding steroid dienone is 3. The molecule has 2 nitrogen and oxygen atoms in total. The minimum Gasteiger partial charge on any atom is -0.342 e. The second kappa shape index (κ2) is 6.84. The zero-order valence-electron chi connectivity index (χ0n) is 17.1. The third-order valence-electron chi connectivity index (χ3n) is 8.48. The van der Waals surface area contributed by atoms with Gasteiger partial charge in [0.1, 0.15) is 0 Å². The monoisotopic (exact) mass is 355 g/mol. The lowest BCUT2D eigenvalue weighted by Crippen LogP contribution is -2.47. The zero-order valence-corrected chi connectivity index (χ0v) is 17.1. The molecule has 2 heteroatoms. The molecule has 0 N–H and O–H groups in total. The molecule has 4 rings (SSSR count). The number of hydrogen-bond acceptors (Lipinski definition) is 1. The van der Waals surface area contributed by atoms with Crippen molar-refractivity contribution in [1.82, 2.24) is 4.90 Å². The van der Waals surface area contributed by atoms with Crippen LogP contribution in [0, 0.1) is 35.0 Å². The van der Waals surface area contributed by atoms with Crippen LogP contribution in [0.4, 0.5) is 0 Å². The van der Waals surface area contributed by atoms with E-state index in [0.717, 1.165) is 37.8 Å². The normalized spacial score (nSPS) is 42.7. The number of carbonyl (C=O) groups excluding carboxylic acids is 1. The van der Waals surface area contributed by atoms with Crippen LogP contribution in [0.1, 0.15) is 72.1 Å². The molecule has 0 radical (unpaired) electrons. The van der Waals surface area contributed by atoms with Gasteiger partial charge >= 0.3 is 0 Å². The van der Waals surface area contributed by atoms with Gasteiger partial charge in [0.25, 0.3) is 0 Å². The molecule has 0 aromatic heterocycles. The summed E-state index contributed by atoms with van der Waals surface area (Å²) in [6.45, 7) is 13.4. The van der Waals surface area contributed by atoms with Gasteiger partial charge in [0.15, 0.2) is 0 Å². The number of rotatable bonds is 2. The van der Waals surface area contributed by atoms with Gasteiger partial charge in [-0.15, -0.1) is 0 Å². The first-order chi connectivity index (χ1) is 12.4. The fourth-order valence-electron chi connectivity index (χ4n) is 6.62. The van der Waals surface area contributed by atoms with Gasteiger partial charge in [-0.05, 0) is 87.4 Å². The molecule has 0 aromatic rings. The van der Waals surface area contributed by atoms with E-state index in [1.54, 1.807) is 5.57 Å². The van der Waals surface area contributed by atoms with Crippen molar-refractivity contribution < 1.29 is 4.79 Å². The lowest BCUT2D eigenvalue weighted by molar-refractivity contribution is -0.139. The van der Waals surface area contributed by atoms with Crippen LogP contribution in [0.3, 0.4) is 0 Å². The summed E-state index contributed by atoms with van der Waals surface area (Å²) in [6, 6.07) is 0. The summed E-state index contributed by atoms with van der Waals surface area (Å²) < 4.78 is 0. The van der Waals surface area contributed by atoms with Crippen LogP contribution >= 0.6 is 0 Å². The van der Waals surface area contributed by atoms with Gasteiger partial charge in [0, 0.05) is 19.0 Å². The molecule has 26 heavy (non-hydrogen) atoms. The van der Waals surface area contributed by atoms with Gasteiger partial charge in [-0.1, -0.05) is 37.6 Å². The molecule has 0 spiro atoms. The van der Waals surface area contributed by atoms with E-state index < -0.39 is 0 Å². The number of hydrogen-bond donors (Lipinski definition) is 0. The highest BCUT2D eigenvalue weighted by Crippen LogP contribution is 2.56. The van der Waals surface area contributed by atoms with E-state index in [1.165, 1.54) is 44.1 Å². The van der Waals surface area contributed by atoms with Gasteiger partial charge in [-0.25, -0.2) is 0 Å². The van der Waals surface area contributed by atoms with Gasteiger partial charge in [-0.3, -0.25) is 4.79 Å². The van der Waals surface area contributed by atoms with Crippen molar-refractivity contribution >= 4 is 5.91 Å². The maximum atomic E-state index is 13.2. The molecule has 2 saturated carbocycles. The molecule has 1 saturated heterocycles. The zero-order chi connectivity index (χ0) is 18.5. The van der Waals surface area contributed by atoms with E-state index >= 15 is 0 Å². The minimum atomic E-state index is 0.281. The van der Waals surface area contributed by atoms with Crippen molar-refractivity contribution in [2.24, 2.45) is 35.0 Å². The molecular formula is C24H37NO. The standard InChI is InChI=1S/C24H37NO/c1-16(2)24(4)12-11-19-18(15-24)8-10-20-21(9-7-17(3)22(19)20)23(26)25-13-5-6-14-25/h11,17-18,20-22H,1,5-10,12-15H2,2-4H3/t17?,18?,20?,21-,22+,24+/m0/s1. The van der Waals surface area contributed by atoms with Crippen LogP contribution in [0.15, 0.2) is 23.8 Å². The summed E-state index contributed by atoms with van der Waals surface area (Å²) >= 11 is 0. The molecule has 6 atom stereocenters. The average molecular weight is 356 g/mol. The molecule has 0 bridgehead atoms. The van der Waals surface area contributed by atoms with Gasteiger partial charge in [0.05, 0.1) is 0 Å². The highest BCUT2D eigenvalue weighted by molar-refractivity contribution is 5.79. The Morgan fingerprint density at radius 2 is 1.92 bits per heavy atom. The van der Waals surface area contributed by atoms with Crippen molar-refractivity contribution in [3.8, 4) is 0 Å². The van der Waals surface area contributed by atoms with E-state index in [2.05, 4.69) is 38.3 Å². The molecule has 3 aliphatic carbocycles. The number of carbonyl (C=O) groups is 1. The van der Waals surface area contributed by atoms with Crippen LogP contribution in [0.25, 0.3) is 0 Å². The molecule has 3 unspecified atom stereocenters. The Balaban J connectivity index is 1.58. The maximum Gasteiger partial charge on any atom is 0.225 e. The molecule has 0 aromatic carbocycles. The second-order valence-corrected chi connectivity index (χ2v) is 10.1. The van der Waals surface area contributed by atoms with Gasteiger partial charge in [0.2, 0.25) is 5.91 Å². The SMILES string of the molecule is C=C(C)[C@]1(C)CC=C2C(CCC3[C@@H]2C(C)CC[C@@H]3C(=O)N2CCCC2)C1. The summed E-state index contributed by atoms with van der Waals surface area (Å²) in [4.78, 5) is 15.4. The van der Waals surface area contributed by atoms with Crippen molar-refractivity contribution in [2.45, 2.75) is 72.1 Å². The van der Waals surface area contributed by atoms with Crippen molar-refractivity contribution in [3.63, 3.8) is 0 Å². The van der Waals surface area contributed by atoms with E-state index in [-0.39, 0.29) is 5.41 Å². The fraction of sp³-hybridized carbons (Fsp3) is 0.792. The molecular weight excluding hydrogens is 318 g/mol. The highest BCUT2D eigenvalue weighted by Gasteiger charge is 2.49. The number of fused-ring (bicyclic) bond motifs is 3. The summed E-state index contributed by atoms with van der Waals surface area (Å²) in [6.07, 6.45) is 12.3. The molecule has 144 valence electrons. The largest absolute Gasteiger partial charge is 0.342 e. The summed E-state index contributed by atoms with van der Waals surface area (Å²) in [5, 5.41) is 0. The van der Waals surface area contributed by atoms with Crippen LogP contribution in [0.5, 0.6) is 0 Å². The van der Waals surface area contributed by atoms with E-state index in [9.17, 15) is 4.79 Å². The summed E-state index contributed by atoms with van der Waals surface area (Å²) in [5.41, 5.74) is 3.35. The predicted molar refractivity (Wildman–Crippen MR) is 108 cm³/mol. The highest BCUT2D eigenvalue weighted by atomic mass is 16.2. The van der Waals surface area contributed by atoms with Gasteiger partial charge < -0.3 is 4.90 Å². The van der Waals surface area contributed by atoms with Crippen molar-refractivity contribution in [3.05, 3.63) is 23.8 Å². The second-order valence-electron chi connectivity index (χ2n) is 10.1. The Hall–Kier alpha value is -1.05. The lowest BCUT2D eigenvalue weighted by Gasteiger charge is -2.52. The first-order valence-corrected chi connectivity index (χ1v) is 11.1. The quantitative estimate of drug-likeness (QED) is 0.590. The topological polar surface area (TPSA) is 20.3 Å². The first kappa shape index (κ1) is 18.3. The molecule has 3 fully saturated rings. The Morgan fingerprint density at radius 1 is 1.19 bits per heavy atom. The number of amides is 1. The molecule has 1 aliphatic heterocycles. The molecule has 1 heterocycles. The van der Waals surface area contributed by atoms with E-state index in [0.29, 0.717) is 23.7 Å². The van der Waals surface area contributed by atoms with Crippen LogP contribution in [0.2, 0.25) is 0 Å².